The zero-order valence-electron chi connectivity index (χ0n) is 14.7. The number of rotatable bonds is 6. The zero-order chi connectivity index (χ0) is 18.9. The first-order valence-corrected chi connectivity index (χ1v) is 8.33. The van der Waals surface area contributed by atoms with E-state index in [1.54, 1.807) is 24.3 Å². The molecule has 0 unspecified atom stereocenters. The number of hydrogen-bond acceptors (Lipinski definition) is 6. The van der Waals surface area contributed by atoms with Crippen LogP contribution in [0.2, 0.25) is 0 Å². The van der Waals surface area contributed by atoms with Crippen LogP contribution in [0.4, 0.5) is 5.69 Å². The van der Waals surface area contributed by atoms with Gasteiger partial charge in [0, 0.05) is 26.5 Å². The van der Waals surface area contributed by atoms with Crippen molar-refractivity contribution < 1.29 is 28.7 Å². The molecule has 0 aromatic heterocycles. The van der Waals surface area contributed by atoms with Crippen molar-refractivity contribution in [3.05, 3.63) is 29.8 Å². The van der Waals surface area contributed by atoms with Gasteiger partial charge in [0.05, 0.1) is 17.9 Å². The van der Waals surface area contributed by atoms with E-state index in [4.69, 9.17) is 9.47 Å². The molecule has 2 heterocycles. The van der Waals surface area contributed by atoms with Crippen molar-refractivity contribution in [1.29, 1.82) is 0 Å². The van der Waals surface area contributed by atoms with Crippen molar-refractivity contribution in [3.63, 3.8) is 0 Å². The number of fused-ring (bicyclic) bond motifs is 3. The summed E-state index contributed by atoms with van der Waals surface area (Å²) in [4.78, 5) is 52.6. The highest BCUT2D eigenvalue weighted by molar-refractivity contribution is 6.15. The standard InChI is InChI=1S/C18H20N2O6/c1-12(21)11-26-17(24)18-8-7-15(22)20(18)14-6-4-3-5-13(14)16(23)19(18)9-10-25-2/h3-6H,7-11H2,1-2H3/t18-/m1/s1. The lowest BCUT2D eigenvalue weighted by Crippen LogP contribution is -2.69. The van der Waals surface area contributed by atoms with Crippen molar-refractivity contribution in [3.8, 4) is 0 Å². The summed E-state index contributed by atoms with van der Waals surface area (Å²) >= 11 is 0. The summed E-state index contributed by atoms with van der Waals surface area (Å²) in [6.07, 6.45) is 0.201. The largest absolute Gasteiger partial charge is 0.455 e. The van der Waals surface area contributed by atoms with Gasteiger partial charge in [-0.15, -0.1) is 0 Å². The van der Waals surface area contributed by atoms with Crippen molar-refractivity contribution in [2.24, 2.45) is 0 Å². The summed E-state index contributed by atoms with van der Waals surface area (Å²) in [7, 11) is 1.49. The van der Waals surface area contributed by atoms with Gasteiger partial charge in [0.2, 0.25) is 11.6 Å². The van der Waals surface area contributed by atoms with E-state index in [1.165, 1.54) is 23.8 Å². The first-order chi connectivity index (χ1) is 12.4. The number of carbonyl (C=O) groups is 4. The highest BCUT2D eigenvalue weighted by atomic mass is 16.5. The minimum Gasteiger partial charge on any atom is -0.455 e. The molecule has 0 saturated carbocycles. The predicted molar refractivity (Wildman–Crippen MR) is 90.4 cm³/mol. The highest BCUT2D eigenvalue weighted by Crippen LogP contribution is 2.44. The summed E-state index contributed by atoms with van der Waals surface area (Å²) < 4.78 is 10.2. The van der Waals surface area contributed by atoms with Gasteiger partial charge in [-0.25, -0.2) is 4.79 Å². The van der Waals surface area contributed by atoms with E-state index in [0.29, 0.717) is 11.3 Å². The maximum atomic E-state index is 13.1. The van der Waals surface area contributed by atoms with E-state index in [-0.39, 0.29) is 43.6 Å². The molecule has 26 heavy (non-hydrogen) atoms. The van der Waals surface area contributed by atoms with Gasteiger partial charge in [-0.1, -0.05) is 12.1 Å². The Morgan fingerprint density at radius 3 is 2.65 bits per heavy atom. The van der Waals surface area contributed by atoms with Crippen molar-refractivity contribution in [1.82, 2.24) is 4.90 Å². The van der Waals surface area contributed by atoms with E-state index in [9.17, 15) is 19.2 Å². The Labute approximate surface area is 150 Å². The molecule has 1 aromatic rings. The second-order valence-corrected chi connectivity index (χ2v) is 6.29. The molecule has 1 fully saturated rings. The number of ketones is 1. The van der Waals surface area contributed by atoms with Crippen molar-refractivity contribution in [2.45, 2.75) is 25.4 Å². The molecule has 1 saturated heterocycles. The van der Waals surface area contributed by atoms with E-state index in [0.717, 1.165) is 0 Å². The molecule has 1 aromatic carbocycles. The molecular weight excluding hydrogens is 340 g/mol. The Bertz CT molecular complexity index is 777. The van der Waals surface area contributed by atoms with E-state index >= 15 is 0 Å². The normalized spacial score (nSPS) is 21.5. The van der Waals surface area contributed by atoms with Crippen LogP contribution in [0.25, 0.3) is 0 Å². The van der Waals surface area contributed by atoms with Gasteiger partial charge in [-0.05, 0) is 19.1 Å². The van der Waals surface area contributed by atoms with Crippen LogP contribution < -0.4 is 4.90 Å². The van der Waals surface area contributed by atoms with E-state index < -0.39 is 18.2 Å². The summed E-state index contributed by atoms with van der Waals surface area (Å²) in [5.41, 5.74) is -0.862. The maximum Gasteiger partial charge on any atom is 0.354 e. The van der Waals surface area contributed by atoms with Gasteiger partial charge in [0.1, 0.15) is 6.61 Å². The fourth-order valence-corrected chi connectivity index (χ4v) is 3.52. The lowest BCUT2D eigenvalue weighted by Gasteiger charge is -2.48. The van der Waals surface area contributed by atoms with Gasteiger partial charge >= 0.3 is 5.97 Å². The van der Waals surface area contributed by atoms with E-state index in [1.807, 2.05) is 0 Å². The molecule has 0 radical (unpaired) electrons. The molecule has 1 atom stereocenters. The molecule has 2 aliphatic rings. The summed E-state index contributed by atoms with van der Waals surface area (Å²) in [6.45, 7) is 1.20. The molecule has 0 N–H and O–H groups in total. The molecule has 8 heteroatoms. The van der Waals surface area contributed by atoms with Gasteiger partial charge in [0.25, 0.3) is 5.91 Å². The van der Waals surface area contributed by atoms with Gasteiger partial charge in [0.15, 0.2) is 5.78 Å². The molecule has 0 spiro atoms. The Morgan fingerprint density at radius 2 is 1.96 bits per heavy atom. The van der Waals surface area contributed by atoms with Gasteiger partial charge in [-0.2, -0.15) is 0 Å². The van der Waals surface area contributed by atoms with Gasteiger partial charge < -0.3 is 14.4 Å². The second kappa shape index (κ2) is 6.87. The number of hydrogen-bond donors (Lipinski definition) is 0. The SMILES string of the molecule is COCCN1C(=O)c2ccccc2N2C(=O)CC[C@@]12C(=O)OCC(C)=O. The van der Waals surface area contributed by atoms with Crippen LogP contribution in [0.15, 0.2) is 24.3 Å². The molecule has 3 rings (SSSR count). The summed E-state index contributed by atoms with van der Waals surface area (Å²) in [6, 6.07) is 6.66. The first kappa shape index (κ1) is 18.1. The Balaban J connectivity index is 2.12. The average Bonchev–Trinajstić information content (AvgIpc) is 2.98. The van der Waals surface area contributed by atoms with Crippen LogP contribution in [0.3, 0.4) is 0 Å². The summed E-state index contributed by atoms with van der Waals surface area (Å²) in [5.74, 6) is -1.75. The number of amides is 2. The fourth-order valence-electron chi connectivity index (χ4n) is 3.52. The average molecular weight is 360 g/mol. The van der Waals surface area contributed by atoms with Crippen LogP contribution in [-0.4, -0.2) is 61.0 Å². The minimum atomic E-state index is -1.59. The van der Waals surface area contributed by atoms with Crippen LogP contribution in [0.1, 0.15) is 30.1 Å². The van der Waals surface area contributed by atoms with Crippen LogP contribution >= 0.6 is 0 Å². The van der Waals surface area contributed by atoms with Crippen LogP contribution in [0, 0.1) is 0 Å². The smallest absolute Gasteiger partial charge is 0.354 e. The van der Waals surface area contributed by atoms with E-state index in [2.05, 4.69) is 0 Å². The second-order valence-electron chi connectivity index (χ2n) is 6.29. The molecule has 0 bridgehead atoms. The number of benzene rings is 1. The Hall–Kier alpha value is -2.74. The van der Waals surface area contributed by atoms with Crippen LogP contribution in [-0.2, 0) is 23.9 Å². The Morgan fingerprint density at radius 1 is 1.23 bits per heavy atom. The number of anilines is 1. The summed E-state index contributed by atoms with van der Waals surface area (Å²) in [5, 5.41) is 0. The quantitative estimate of drug-likeness (QED) is 0.695. The number of carbonyl (C=O) groups excluding carboxylic acids is 4. The predicted octanol–water partition coefficient (Wildman–Crippen LogP) is 0.744. The van der Waals surface area contributed by atoms with Gasteiger partial charge in [-0.3, -0.25) is 19.3 Å². The third kappa shape index (κ3) is 2.66. The number of ether oxygens (including phenoxy) is 2. The molecule has 0 aliphatic carbocycles. The van der Waals surface area contributed by atoms with Crippen molar-refractivity contribution >= 4 is 29.3 Å². The highest BCUT2D eigenvalue weighted by Gasteiger charge is 2.61. The lowest BCUT2D eigenvalue weighted by molar-refractivity contribution is -0.159. The molecule has 2 aliphatic heterocycles. The molecule has 8 nitrogen and oxygen atoms in total. The monoisotopic (exact) mass is 360 g/mol. The number of esters is 1. The lowest BCUT2D eigenvalue weighted by atomic mass is 9.96. The molecule has 138 valence electrons. The molecule has 2 amide bonds. The molecular formula is C18H20N2O6. The fraction of sp³-hybridized carbons (Fsp3) is 0.444. The number of methoxy groups -OCH3 is 1. The third-order valence-corrected chi connectivity index (χ3v) is 4.63. The topological polar surface area (TPSA) is 93.2 Å². The zero-order valence-corrected chi connectivity index (χ0v) is 14.7. The van der Waals surface area contributed by atoms with Crippen molar-refractivity contribution in [2.75, 3.05) is 31.8 Å². The first-order valence-electron chi connectivity index (χ1n) is 8.33. The minimum absolute atomic E-state index is 0.0975. The third-order valence-electron chi connectivity index (χ3n) is 4.63. The number of para-hydroxylation sites is 1. The number of nitrogens with zero attached hydrogens (tertiary/aromatic N) is 2. The Kier molecular flexibility index (Phi) is 4.78. The number of Topliss-reactive ketones (excluding diaryl/α,β-unsaturated/α-hetero) is 1. The maximum absolute atomic E-state index is 13.1. The van der Waals surface area contributed by atoms with Crippen LogP contribution in [0.5, 0.6) is 0 Å².